The summed E-state index contributed by atoms with van der Waals surface area (Å²) in [5, 5.41) is 9.37. The van der Waals surface area contributed by atoms with Gasteiger partial charge in [0.2, 0.25) is 11.8 Å². The zero-order valence-electron chi connectivity index (χ0n) is 16.1. The van der Waals surface area contributed by atoms with Crippen molar-refractivity contribution in [1.82, 2.24) is 20.9 Å². The standard InChI is InChI=1S/C18H33N5O2.HI/c1-3-10-20-16(24)12-21-18(19-4-2)22-15-9-11-23(13-15)17(25)14-7-5-6-8-14;/h14-15H,3-13H2,1-2H3,(H,20,24)(H2,19,21,22);1H. The first kappa shape index (κ1) is 23.0. The first-order valence-electron chi connectivity index (χ1n) is 9.74. The van der Waals surface area contributed by atoms with E-state index in [0.717, 1.165) is 45.3 Å². The van der Waals surface area contributed by atoms with Crippen LogP contribution in [0.2, 0.25) is 0 Å². The highest BCUT2D eigenvalue weighted by molar-refractivity contribution is 14.0. The Morgan fingerprint density at radius 3 is 2.50 bits per heavy atom. The summed E-state index contributed by atoms with van der Waals surface area (Å²) in [7, 11) is 0. The molecule has 1 heterocycles. The highest BCUT2D eigenvalue weighted by Crippen LogP contribution is 2.27. The lowest BCUT2D eigenvalue weighted by molar-refractivity contribution is -0.134. The van der Waals surface area contributed by atoms with E-state index in [-0.39, 0.29) is 48.4 Å². The minimum atomic E-state index is -0.0662. The van der Waals surface area contributed by atoms with Crippen molar-refractivity contribution in [1.29, 1.82) is 0 Å². The van der Waals surface area contributed by atoms with E-state index in [2.05, 4.69) is 20.9 Å². The number of hydrogen-bond donors (Lipinski definition) is 3. The molecule has 3 N–H and O–H groups in total. The maximum Gasteiger partial charge on any atom is 0.241 e. The van der Waals surface area contributed by atoms with Crippen LogP contribution in [0.1, 0.15) is 52.4 Å². The van der Waals surface area contributed by atoms with Gasteiger partial charge in [-0.2, -0.15) is 0 Å². The largest absolute Gasteiger partial charge is 0.357 e. The number of carbonyl (C=O) groups excluding carboxylic acids is 2. The fraction of sp³-hybridized carbons (Fsp3) is 0.833. The normalized spacial score (nSPS) is 20.6. The molecule has 0 radical (unpaired) electrons. The van der Waals surface area contributed by atoms with Gasteiger partial charge in [0.1, 0.15) is 6.54 Å². The topological polar surface area (TPSA) is 85.8 Å². The monoisotopic (exact) mass is 479 g/mol. The SMILES string of the molecule is CCCNC(=O)CN=C(NCC)NC1CCN(C(=O)C2CCCC2)C1.I. The number of halogens is 1. The number of rotatable bonds is 7. The molecule has 1 saturated heterocycles. The Bertz CT molecular complexity index is 480. The van der Waals surface area contributed by atoms with Gasteiger partial charge >= 0.3 is 0 Å². The van der Waals surface area contributed by atoms with Gasteiger partial charge in [-0.05, 0) is 32.6 Å². The molecule has 1 saturated carbocycles. The molecule has 1 atom stereocenters. The fourth-order valence-corrected chi connectivity index (χ4v) is 3.49. The van der Waals surface area contributed by atoms with Crippen LogP contribution in [0.4, 0.5) is 0 Å². The van der Waals surface area contributed by atoms with Crippen LogP contribution in [0.25, 0.3) is 0 Å². The molecular formula is C18H34IN5O2. The molecule has 1 unspecified atom stereocenters. The van der Waals surface area contributed by atoms with Crippen molar-refractivity contribution in [3.05, 3.63) is 0 Å². The summed E-state index contributed by atoms with van der Waals surface area (Å²) in [6.07, 6.45) is 6.30. The molecule has 0 aromatic carbocycles. The van der Waals surface area contributed by atoms with Gasteiger partial charge < -0.3 is 20.9 Å². The first-order valence-corrected chi connectivity index (χ1v) is 9.74. The Labute approximate surface area is 174 Å². The van der Waals surface area contributed by atoms with E-state index in [9.17, 15) is 9.59 Å². The second-order valence-corrected chi connectivity index (χ2v) is 6.94. The number of hydrogen-bond acceptors (Lipinski definition) is 3. The lowest BCUT2D eigenvalue weighted by Gasteiger charge is -2.21. The van der Waals surface area contributed by atoms with Gasteiger partial charge in [-0.3, -0.25) is 9.59 Å². The summed E-state index contributed by atoms with van der Waals surface area (Å²) >= 11 is 0. The number of guanidine groups is 1. The maximum absolute atomic E-state index is 12.5. The summed E-state index contributed by atoms with van der Waals surface area (Å²) < 4.78 is 0. The number of carbonyl (C=O) groups is 2. The van der Waals surface area contributed by atoms with Gasteiger partial charge in [-0.1, -0.05) is 19.8 Å². The van der Waals surface area contributed by atoms with Gasteiger partial charge in [0.15, 0.2) is 5.96 Å². The number of likely N-dealkylation sites (tertiary alicyclic amines) is 1. The molecule has 0 aromatic rings. The average Bonchev–Trinajstić information content (AvgIpc) is 3.29. The Balaban J connectivity index is 0.00000338. The van der Waals surface area contributed by atoms with E-state index in [4.69, 9.17) is 0 Å². The number of nitrogens with one attached hydrogen (secondary N) is 3. The Hall–Kier alpha value is -1.06. The maximum atomic E-state index is 12.5. The van der Waals surface area contributed by atoms with Crippen LogP contribution < -0.4 is 16.0 Å². The van der Waals surface area contributed by atoms with Crippen molar-refractivity contribution < 1.29 is 9.59 Å². The third-order valence-corrected chi connectivity index (χ3v) is 4.84. The molecule has 2 rings (SSSR count). The van der Waals surface area contributed by atoms with E-state index in [1.54, 1.807) is 0 Å². The summed E-state index contributed by atoms with van der Waals surface area (Å²) in [6.45, 7) is 7.09. The third-order valence-electron chi connectivity index (χ3n) is 4.84. The van der Waals surface area contributed by atoms with Crippen LogP contribution in [0, 0.1) is 5.92 Å². The minimum Gasteiger partial charge on any atom is -0.357 e. The Morgan fingerprint density at radius 2 is 1.85 bits per heavy atom. The van der Waals surface area contributed by atoms with E-state index in [1.807, 2.05) is 18.7 Å². The summed E-state index contributed by atoms with van der Waals surface area (Å²) in [4.78, 5) is 30.6. The Kier molecular flexibility index (Phi) is 10.9. The molecule has 26 heavy (non-hydrogen) atoms. The van der Waals surface area contributed by atoms with Gasteiger partial charge in [0.25, 0.3) is 0 Å². The zero-order chi connectivity index (χ0) is 18.1. The van der Waals surface area contributed by atoms with Crippen molar-refractivity contribution in [2.75, 3.05) is 32.7 Å². The predicted molar refractivity (Wildman–Crippen MR) is 115 cm³/mol. The third kappa shape index (κ3) is 7.28. The van der Waals surface area contributed by atoms with Crippen LogP contribution in [-0.2, 0) is 9.59 Å². The number of nitrogens with zero attached hydrogens (tertiary/aromatic N) is 2. The van der Waals surface area contributed by atoms with Gasteiger partial charge in [0.05, 0.1) is 0 Å². The van der Waals surface area contributed by atoms with E-state index in [0.29, 0.717) is 18.4 Å². The molecule has 0 spiro atoms. The molecule has 8 heteroatoms. The molecule has 2 fully saturated rings. The zero-order valence-corrected chi connectivity index (χ0v) is 18.4. The molecule has 150 valence electrons. The van der Waals surface area contributed by atoms with Crippen LogP contribution in [0.5, 0.6) is 0 Å². The smallest absolute Gasteiger partial charge is 0.241 e. The van der Waals surface area contributed by atoms with E-state index < -0.39 is 0 Å². The van der Waals surface area contributed by atoms with Gasteiger partial charge in [-0.25, -0.2) is 4.99 Å². The van der Waals surface area contributed by atoms with E-state index in [1.165, 1.54) is 12.8 Å². The minimum absolute atomic E-state index is 0. The summed E-state index contributed by atoms with van der Waals surface area (Å²) in [6, 6.07) is 0.196. The molecule has 2 amide bonds. The molecule has 0 bridgehead atoms. The molecule has 1 aliphatic carbocycles. The van der Waals surface area contributed by atoms with Gasteiger partial charge in [0, 0.05) is 38.1 Å². The van der Waals surface area contributed by atoms with Crippen LogP contribution in [-0.4, -0.2) is 61.4 Å². The van der Waals surface area contributed by atoms with Crippen molar-refractivity contribution in [2.24, 2.45) is 10.9 Å². The number of aliphatic imine (C=N–C) groups is 1. The molecule has 1 aliphatic heterocycles. The van der Waals surface area contributed by atoms with Crippen molar-refractivity contribution in [3.8, 4) is 0 Å². The predicted octanol–water partition coefficient (Wildman–Crippen LogP) is 1.48. The van der Waals surface area contributed by atoms with Crippen molar-refractivity contribution in [3.63, 3.8) is 0 Å². The summed E-state index contributed by atoms with van der Waals surface area (Å²) in [5.41, 5.74) is 0. The second kappa shape index (κ2) is 12.3. The summed E-state index contributed by atoms with van der Waals surface area (Å²) in [5.74, 6) is 1.14. The highest BCUT2D eigenvalue weighted by Gasteiger charge is 2.32. The van der Waals surface area contributed by atoms with Crippen LogP contribution in [0.15, 0.2) is 4.99 Å². The second-order valence-electron chi connectivity index (χ2n) is 6.94. The molecule has 7 nitrogen and oxygen atoms in total. The van der Waals surface area contributed by atoms with Crippen molar-refractivity contribution >= 4 is 41.8 Å². The highest BCUT2D eigenvalue weighted by atomic mass is 127. The Morgan fingerprint density at radius 1 is 1.12 bits per heavy atom. The molecule has 0 aromatic heterocycles. The number of amides is 2. The fourth-order valence-electron chi connectivity index (χ4n) is 3.49. The molecular weight excluding hydrogens is 445 g/mol. The van der Waals surface area contributed by atoms with E-state index >= 15 is 0 Å². The quantitative estimate of drug-likeness (QED) is 0.294. The van der Waals surface area contributed by atoms with Crippen molar-refractivity contribution in [2.45, 2.75) is 58.4 Å². The van der Waals surface area contributed by atoms with Crippen LogP contribution in [0.3, 0.4) is 0 Å². The lowest BCUT2D eigenvalue weighted by Crippen LogP contribution is -2.46. The van der Waals surface area contributed by atoms with Gasteiger partial charge in [-0.15, -0.1) is 24.0 Å². The first-order chi connectivity index (χ1) is 12.1. The lowest BCUT2D eigenvalue weighted by atomic mass is 10.1. The average molecular weight is 479 g/mol. The van der Waals surface area contributed by atoms with Crippen LogP contribution >= 0.6 is 24.0 Å². The molecule has 2 aliphatic rings.